The predicted octanol–water partition coefficient (Wildman–Crippen LogP) is 4.14. The van der Waals surface area contributed by atoms with E-state index in [4.69, 9.17) is 10.5 Å². The number of halogens is 1. The van der Waals surface area contributed by atoms with E-state index in [-0.39, 0.29) is 6.04 Å². The van der Waals surface area contributed by atoms with Gasteiger partial charge in [0.25, 0.3) is 0 Å². The number of hydrogen-bond acceptors (Lipinski definition) is 3. The van der Waals surface area contributed by atoms with Crippen molar-refractivity contribution in [2.24, 2.45) is 5.73 Å². The lowest BCUT2D eigenvalue weighted by Crippen LogP contribution is -2.28. The lowest BCUT2D eigenvalue weighted by Gasteiger charge is -2.27. The molecule has 2 N–H and O–H groups in total. The summed E-state index contributed by atoms with van der Waals surface area (Å²) in [6.07, 6.45) is 2.47. The Hall–Kier alpha value is -0.0300. The van der Waals surface area contributed by atoms with Crippen molar-refractivity contribution >= 4 is 27.7 Å². The number of thioether (sulfide) groups is 1. The number of ether oxygens (including phenoxy) is 1. The Morgan fingerprint density at radius 3 is 2.63 bits per heavy atom. The Morgan fingerprint density at radius 1 is 1.42 bits per heavy atom. The first-order chi connectivity index (χ1) is 9.11. The maximum atomic E-state index is 6.34. The van der Waals surface area contributed by atoms with Crippen molar-refractivity contribution in [1.29, 1.82) is 0 Å². The maximum Gasteiger partial charge on any atom is 0.0666 e. The molecule has 1 fully saturated rings. The molecule has 2 rings (SSSR count). The van der Waals surface area contributed by atoms with Gasteiger partial charge < -0.3 is 10.5 Å². The van der Waals surface area contributed by atoms with Crippen LogP contribution in [0.3, 0.4) is 0 Å². The number of hydrogen-bond donors (Lipinski definition) is 1. The molecule has 0 saturated carbocycles. The average molecular weight is 344 g/mol. The van der Waals surface area contributed by atoms with Crippen LogP contribution >= 0.6 is 27.7 Å². The van der Waals surface area contributed by atoms with Gasteiger partial charge in [0.15, 0.2) is 0 Å². The lowest BCUT2D eigenvalue weighted by atomic mass is 10.0. The summed E-state index contributed by atoms with van der Waals surface area (Å²) in [6.45, 7) is 5.21. The predicted molar refractivity (Wildman–Crippen MR) is 86.6 cm³/mol. The summed E-state index contributed by atoms with van der Waals surface area (Å²) >= 11 is 5.48. The molecule has 0 aliphatic carbocycles. The van der Waals surface area contributed by atoms with Gasteiger partial charge >= 0.3 is 0 Å². The summed E-state index contributed by atoms with van der Waals surface area (Å²) in [6, 6.07) is 8.74. The highest BCUT2D eigenvalue weighted by Gasteiger charge is 2.30. The van der Waals surface area contributed by atoms with Gasteiger partial charge in [-0.25, -0.2) is 0 Å². The molecule has 4 atom stereocenters. The van der Waals surface area contributed by atoms with Crippen molar-refractivity contribution in [3.63, 3.8) is 0 Å². The van der Waals surface area contributed by atoms with Crippen LogP contribution in [0, 0.1) is 0 Å². The quantitative estimate of drug-likeness (QED) is 0.872. The zero-order valence-corrected chi connectivity index (χ0v) is 13.9. The van der Waals surface area contributed by atoms with Crippen LogP contribution in [0.1, 0.15) is 37.5 Å². The minimum absolute atomic E-state index is 0.193. The van der Waals surface area contributed by atoms with Gasteiger partial charge in [-0.05, 0) is 37.5 Å². The summed E-state index contributed by atoms with van der Waals surface area (Å²) in [7, 11) is 0. The number of benzene rings is 1. The molecule has 4 heteroatoms. The molecule has 1 saturated heterocycles. The normalized spacial score (nSPS) is 26.3. The second-order valence-electron chi connectivity index (χ2n) is 5.08. The highest BCUT2D eigenvalue weighted by Crippen LogP contribution is 2.40. The highest BCUT2D eigenvalue weighted by atomic mass is 79.9. The van der Waals surface area contributed by atoms with Crippen LogP contribution in [0.25, 0.3) is 0 Å². The average Bonchev–Trinajstić information content (AvgIpc) is 2.82. The largest absolute Gasteiger partial charge is 0.377 e. The minimum atomic E-state index is 0.193. The van der Waals surface area contributed by atoms with E-state index < -0.39 is 0 Å². The summed E-state index contributed by atoms with van der Waals surface area (Å²) in [4.78, 5) is 0. The second kappa shape index (κ2) is 7.11. The summed E-state index contributed by atoms with van der Waals surface area (Å²) in [5, 5.41) is 0.915. The summed E-state index contributed by atoms with van der Waals surface area (Å²) in [5.41, 5.74) is 7.66. The van der Waals surface area contributed by atoms with Crippen molar-refractivity contribution in [2.75, 3.05) is 6.61 Å². The first-order valence-corrected chi connectivity index (χ1v) is 8.63. The summed E-state index contributed by atoms with van der Waals surface area (Å²) in [5.74, 6) is 0. The zero-order valence-electron chi connectivity index (χ0n) is 11.5. The van der Waals surface area contributed by atoms with E-state index in [9.17, 15) is 0 Å². The Morgan fingerprint density at radius 2 is 2.11 bits per heavy atom. The third kappa shape index (κ3) is 3.97. The molecule has 19 heavy (non-hydrogen) atoms. The molecule has 1 aromatic rings. The van der Waals surface area contributed by atoms with Gasteiger partial charge in [-0.3, -0.25) is 0 Å². The zero-order chi connectivity index (χ0) is 13.8. The second-order valence-corrected chi connectivity index (χ2v) is 7.38. The number of rotatable bonds is 5. The van der Waals surface area contributed by atoms with E-state index in [1.54, 1.807) is 0 Å². The maximum absolute atomic E-state index is 6.34. The topological polar surface area (TPSA) is 35.2 Å². The van der Waals surface area contributed by atoms with Crippen LogP contribution in [-0.2, 0) is 4.74 Å². The van der Waals surface area contributed by atoms with E-state index in [1.807, 2.05) is 11.8 Å². The summed E-state index contributed by atoms with van der Waals surface area (Å²) < 4.78 is 6.78. The van der Waals surface area contributed by atoms with Gasteiger partial charge in [-0.2, -0.15) is 0 Å². The van der Waals surface area contributed by atoms with E-state index in [0.29, 0.717) is 16.6 Å². The molecule has 0 spiro atoms. The van der Waals surface area contributed by atoms with Crippen LogP contribution in [0.5, 0.6) is 0 Å². The molecule has 4 unspecified atom stereocenters. The van der Waals surface area contributed by atoms with Crippen LogP contribution in [0.4, 0.5) is 0 Å². The molecule has 106 valence electrons. The Balaban J connectivity index is 2.13. The van der Waals surface area contributed by atoms with Crippen molar-refractivity contribution in [1.82, 2.24) is 0 Å². The lowest BCUT2D eigenvalue weighted by molar-refractivity contribution is 0.127. The van der Waals surface area contributed by atoms with Crippen LogP contribution < -0.4 is 5.73 Å². The Bertz CT molecular complexity index is 398. The van der Waals surface area contributed by atoms with Gasteiger partial charge in [0.05, 0.1) is 6.10 Å². The molecule has 0 bridgehead atoms. The van der Waals surface area contributed by atoms with Crippen molar-refractivity contribution in [3.05, 3.63) is 34.3 Å². The van der Waals surface area contributed by atoms with Crippen LogP contribution in [0.2, 0.25) is 0 Å². The fraction of sp³-hybridized carbons (Fsp3) is 0.600. The Labute approximate surface area is 128 Å². The third-order valence-electron chi connectivity index (χ3n) is 3.69. The molecule has 1 aromatic carbocycles. The van der Waals surface area contributed by atoms with Gasteiger partial charge in [-0.1, -0.05) is 35.0 Å². The van der Waals surface area contributed by atoms with Crippen molar-refractivity contribution in [2.45, 2.75) is 49.3 Å². The molecular weight excluding hydrogens is 322 g/mol. The molecule has 0 radical (unpaired) electrons. The Kier molecular flexibility index (Phi) is 5.75. The molecule has 0 amide bonds. The standard InChI is InChI=1S/C15H22BrNOS/c1-3-13(17)15(11-4-6-12(16)7-5-11)19-14-8-9-18-10(14)2/h4-7,10,13-15H,3,8-9,17H2,1-2H3. The van der Waals surface area contributed by atoms with E-state index >= 15 is 0 Å². The number of nitrogens with two attached hydrogens (primary N) is 1. The van der Waals surface area contributed by atoms with Gasteiger partial charge in [-0.15, -0.1) is 11.8 Å². The van der Waals surface area contributed by atoms with E-state index in [1.165, 1.54) is 5.56 Å². The van der Waals surface area contributed by atoms with Crippen LogP contribution in [0.15, 0.2) is 28.7 Å². The fourth-order valence-electron chi connectivity index (χ4n) is 2.37. The monoisotopic (exact) mass is 343 g/mol. The highest BCUT2D eigenvalue weighted by molar-refractivity contribution is 9.10. The first kappa shape index (κ1) is 15.4. The third-order valence-corrected chi connectivity index (χ3v) is 6.10. The van der Waals surface area contributed by atoms with Crippen molar-refractivity contribution < 1.29 is 4.74 Å². The first-order valence-electron chi connectivity index (χ1n) is 6.90. The van der Waals surface area contributed by atoms with Crippen molar-refractivity contribution in [3.8, 4) is 0 Å². The molecule has 2 nitrogen and oxygen atoms in total. The molecule has 0 aromatic heterocycles. The van der Waals surface area contributed by atoms with Gasteiger partial charge in [0, 0.05) is 27.6 Å². The smallest absolute Gasteiger partial charge is 0.0666 e. The van der Waals surface area contributed by atoms with Crippen LogP contribution in [-0.4, -0.2) is 24.0 Å². The molecule has 1 heterocycles. The SMILES string of the molecule is CCC(N)C(SC1CCOC1C)c1ccc(Br)cc1. The van der Waals surface area contributed by atoms with E-state index in [0.717, 1.165) is 23.9 Å². The van der Waals surface area contributed by atoms with E-state index in [2.05, 4.69) is 54.0 Å². The molecule has 1 aliphatic heterocycles. The molecule has 1 aliphatic rings. The van der Waals surface area contributed by atoms with Gasteiger partial charge in [0.1, 0.15) is 0 Å². The van der Waals surface area contributed by atoms with Gasteiger partial charge in [0.2, 0.25) is 0 Å². The minimum Gasteiger partial charge on any atom is -0.377 e. The molecular formula is C15H22BrNOS. The fourth-order valence-corrected chi connectivity index (χ4v) is 4.25.